The molecule has 4 N–H and O–H groups in total. The molecule has 1 aromatic carbocycles. The van der Waals surface area contributed by atoms with E-state index in [1.165, 1.54) is 6.07 Å². The maximum atomic E-state index is 12.3. The molecule has 28 heavy (non-hydrogen) atoms. The molecule has 0 spiro atoms. The first-order valence-corrected chi connectivity index (χ1v) is 7.45. The molecule has 0 fully saturated rings. The summed E-state index contributed by atoms with van der Waals surface area (Å²) < 4.78 is 122. The van der Waals surface area contributed by atoms with Gasteiger partial charge in [0.1, 0.15) is 0 Å². The minimum Gasteiger partial charge on any atom is -0.475 e. The average molecular weight is 453 g/mol. The fourth-order valence-corrected chi connectivity index (χ4v) is 1.71. The molecular weight excluding hydrogens is 445 g/mol. The lowest BCUT2D eigenvalue weighted by molar-refractivity contribution is -0.193. The van der Waals surface area contributed by atoms with Crippen molar-refractivity contribution in [2.45, 2.75) is 23.4 Å². The zero-order valence-electron chi connectivity index (χ0n) is 12.7. The van der Waals surface area contributed by atoms with Crippen molar-refractivity contribution in [1.82, 2.24) is 0 Å². The highest BCUT2D eigenvalue weighted by Crippen LogP contribution is 2.33. The van der Waals surface area contributed by atoms with E-state index in [9.17, 15) is 47.9 Å². The summed E-state index contributed by atoms with van der Waals surface area (Å²) in [5.41, 5.74) is -1.25. The second-order valence-corrected chi connectivity index (χ2v) is 5.67. The standard InChI is InChI=1S/C7H6F3NO2S.2C2HF3O2/c8-7(9,10)5-3-1-2-4-6(5)14(11,12)13;2*3-2(4,5)1(6)7/h1-4H,(H2,11,12,13);2*(H,6,7). The van der Waals surface area contributed by atoms with E-state index < -0.39 is 50.9 Å². The zero-order chi connectivity index (χ0) is 23.1. The van der Waals surface area contributed by atoms with Gasteiger partial charge in [-0.05, 0) is 12.1 Å². The smallest absolute Gasteiger partial charge is 0.475 e. The summed E-state index contributed by atoms with van der Waals surface area (Å²) in [6, 6.07) is 3.75. The molecule has 0 unspecified atom stereocenters. The Labute approximate surface area is 149 Å². The summed E-state index contributed by atoms with van der Waals surface area (Å²) in [5.74, 6) is -5.51. The van der Waals surface area contributed by atoms with Crippen molar-refractivity contribution < 1.29 is 67.7 Å². The van der Waals surface area contributed by atoms with Crippen LogP contribution in [-0.2, 0) is 25.8 Å². The second kappa shape index (κ2) is 9.58. The van der Waals surface area contributed by atoms with Gasteiger partial charge in [-0.15, -0.1) is 0 Å². The van der Waals surface area contributed by atoms with Gasteiger partial charge in [-0.1, -0.05) is 12.1 Å². The van der Waals surface area contributed by atoms with Crippen molar-refractivity contribution in [3.63, 3.8) is 0 Å². The van der Waals surface area contributed by atoms with Crippen LogP contribution >= 0.6 is 0 Å². The Balaban J connectivity index is 0. The van der Waals surface area contributed by atoms with Gasteiger partial charge in [-0.3, -0.25) is 0 Å². The number of hydrogen-bond donors (Lipinski definition) is 3. The molecule has 0 atom stereocenters. The topological polar surface area (TPSA) is 135 Å². The van der Waals surface area contributed by atoms with Crippen molar-refractivity contribution >= 4 is 22.0 Å². The number of hydrogen-bond acceptors (Lipinski definition) is 4. The molecule has 0 saturated carbocycles. The Bertz CT molecular complexity index is 759. The van der Waals surface area contributed by atoms with Gasteiger partial charge in [-0.2, -0.15) is 39.5 Å². The van der Waals surface area contributed by atoms with Crippen LogP contribution in [0.25, 0.3) is 0 Å². The number of nitrogens with two attached hydrogens (primary N) is 1. The van der Waals surface area contributed by atoms with Crippen molar-refractivity contribution in [2.24, 2.45) is 5.14 Å². The fraction of sp³-hybridized carbons (Fsp3) is 0.273. The molecule has 0 saturated heterocycles. The molecule has 0 aliphatic heterocycles. The second-order valence-electron chi connectivity index (χ2n) is 4.14. The highest BCUT2D eigenvalue weighted by atomic mass is 32.2. The number of sulfonamides is 1. The van der Waals surface area contributed by atoms with Gasteiger partial charge < -0.3 is 10.2 Å². The molecule has 1 aromatic rings. The van der Waals surface area contributed by atoms with E-state index in [0.29, 0.717) is 6.07 Å². The monoisotopic (exact) mass is 453 g/mol. The summed E-state index contributed by atoms with van der Waals surface area (Å²) in [4.78, 5) is 16.9. The average Bonchev–Trinajstić information content (AvgIpc) is 2.44. The van der Waals surface area contributed by atoms with Crippen LogP contribution in [0.2, 0.25) is 0 Å². The Hall–Kier alpha value is -2.56. The van der Waals surface area contributed by atoms with Gasteiger partial charge in [-0.25, -0.2) is 23.1 Å². The number of carboxylic acid groups (broad SMARTS) is 2. The van der Waals surface area contributed by atoms with E-state index in [4.69, 9.17) is 19.8 Å². The number of primary sulfonamides is 1. The first-order chi connectivity index (χ1) is 12.1. The van der Waals surface area contributed by atoms with Crippen LogP contribution in [0, 0.1) is 0 Å². The highest BCUT2D eigenvalue weighted by Gasteiger charge is 2.39. The van der Waals surface area contributed by atoms with Gasteiger partial charge in [0.25, 0.3) is 0 Å². The summed E-state index contributed by atoms with van der Waals surface area (Å²) in [6.07, 6.45) is -14.9. The van der Waals surface area contributed by atoms with Crippen molar-refractivity contribution in [1.29, 1.82) is 0 Å². The highest BCUT2D eigenvalue weighted by molar-refractivity contribution is 7.89. The normalized spacial score (nSPS) is 12.1. The summed E-state index contributed by atoms with van der Waals surface area (Å²) in [6.45, 7) is 0. The maximum absolute atomic E-state index is 12.3. The fourth-order valence-electron chi connectivity index (χ4n) is 0.949. The Kier molecular flexibility index (Phi) is 9.46. The lowest BCUT2D eigenvalue weighted by Crippen LogP contribution is -2.21. The third-order valence-electron chi connectivity index (χ3n) is 1.98. The van der Waals surface area contributed by atoms with Crippen molar-refractivity contribution in [2.75, 3.05) is 0 Å². The van der Waals surface area contributed by atoms with Crippen LogP contribution < -0.4 is 5.14 Å². The van der Waals surface area contributed by atoms with E-state index in [2.05, 4.69) is 5.14 Å². The van der Waals surface area contributed by atoms with Crippen LogP contribution in [0.15, 0.2) is 29.2 Å². The maximum Gasteiger partial charge on any atom is 0.490 e. The van der Waals surface area contributed by atoms with Gasteiger partial charge in [0, 0.05) is 0 Å². The van der Waals surface area contributed by atoms with Crippen LogP contribution in [-0.4, -0.2) is 42.9 Å². The SMILES string of the molecule is NS(=O)(=O)c1ccccc1C(F)(F)F.O=C(O)C(F)(F)F.O=C(O)C(F)(F)F. The van der Waals surface area contributed by atoms with Gasteiger partial charge >= 0.3 is 30.5 Å². The summed E-state index contributed by atoms with van der Waals surface area (Å²) in [5, 5.41) is 18.9. The van der Waals surface area contributed by atoms with E-state index >= 15 is 0 Å². The van der Waals surface area contributed by atoms with E-state index in [0.717, 1.165) is 12.1 Å². The number of aliphatic carboxylic acids is 2. The Morgan fingerprint density at radius 2 is 1.07 bits per heavy atom. The van der Waals surface area contributed by atoms with Gasteiger partial charge in [0.05, 0.1) is 10.5 Å². The zero-order valence-corrected chi connectivity index (χ0v) is 13.5. The molecule has 0 radical (unpaired) electrons. The molecule has 0 amide bonds. The molecule has 17 heteroatoms. The molecular formula is C11H8F9NO6S. The molecule has 0 bridgehead atoms. The number of halogens is 9. The lowest BCUT2D eigenvalue weighted by atomic mass is 10.2. The van der Waals surface area contributed by atoms with Crippen LogP contribution in [0.1, 0.15) is 5.56 Å². The molecule has 0 aliphatic rings. The van der Waals surface area contributed by atoms with Crippen molar-refractivity contribution in [3.8, 4) is 0 Å². The van der Waals surface area contributed by atoms with Crippen LogP contribution in [0.4, 0.5) is 39.5 Å². The first-order valence-electron chi connectivity index (χ1n) is 5.91. The number of alkyl halides is 9. The molecule has 162 valence electrons. The van der Waals surface area contributed by atoms with Crippen LogP contribution in [0.3, 0.4) is 0 Å². The predicted molar refractivity (Wildman–Crippen MR) is 70.2 cm³/mol. The van der Waals surface area contributed by atoms with Gasteiger partial charge in [0.15, 0.2) is 0 Å². The molecule has 7 nitrogen and oxygen atoms in total. The first kappa shape index (κ1) is 27.7. The van der Waals surface area contributed by atoms with E-state index in [1.54, 1.807) is 0 Å². The molecule has 0 aromatic heterocycles. The number of benzene rings is 1. The lowest BCUT2D eigenvalue weighted by Gasteiger charge is -2.10. The number of carbonyl (C=O) groups is 2. The quantitative estimate of drug-likeness (QED) is 0.560. The summed E-state index contributed by atoms with van der Waals surface area (Å²) in [7, 11) is -4.34. The Morgan fingerprint density at radius 1 is 0.786 bits per heavy atom. The minimum atomic E-state index is -5.08. The minimum absolute atomic E-state index is 0.666. The third kappa shape index (κ3) is 11.2. The number of rotatable bonds is 1. The van der Waals surface area contributed by atoms with E-state index in [1.807, 2.05) is 0 Å². The van der Waals surface area contributed by atoms with Gasteiger partial charge in [0.2, 0.25) is 10.0 Å². The van der Waals surface area contributed by atoms with Crippen LogP contribution in [0.5, 0.6) is 0 Å². The predicted octanol–water partition coefficient (Wildman–Crippen LogP) is 2.62. The Morgan fingerprint density at radius 3 is 1.25 bits per heavy atom. The molecule has 0 aliphatic carbocycles. The number of carboxylic acids is 2. The summed E-state index contributed by atoms with van der Waals surface area (Å²) >= 11 is 0. The van der Waals surface area contributed by atoms with Crippen molar-refractivity contribution in [3.05, 3.63) is 29.8 Å². The largest absolute Gasteiger partial charge is 0.490 e. The molecule has 1 rings (SSSR count). The van der Waals surface area contributed by atoms with E-state index in [-0.39, 0.29) is 0 Å². The third-order valence-corrected chi connectivity index (χ3v) is 2.95. The molecule has 0 heterocycles.